The standard InChI is InChI=1S/C17H23N3O5S/c1-10(17(22)20(3)13-6-7-26(23,24)9-13)18-12-4-5-15-14(8-12)19-16(21)11(2)25-15/h4-5,8,10-11,13,18H,6-7,9H2,1-3H3,(H,19,21)/t10-,11-,13+/m0/s1. The molecule has 0 aromatic heterocycles. The highest BCUT2D eigenvalue weighted by molar-refractivity contribution is 7.91. The second-order valence-corrected chi connectivity index (χ2v) is 9.06. The molecule has 2 aliphatic heterocycles. The maximum absolute atomic E-state index is 12.6. The molecule has 1 aromatic rings. The van der Waals surface area contributed by atoms with Crippen molar-refractivity contribution in [2.24, 2.45) is 0 Å². The van der Waals surface area contributed by atoms with Crippen LogP contribution in [0.3, 0.4) is 0 Å². The molecule has 8 nitrogen and oxygen atoms in total. The molecule has 2 amide bonds. The molecule has 142 valence electrons. The summed E-state index contributed by atoms with van der Waals surface area (Å²) in [6.45, 7) is 3.39. The third-order valence-corrected chi connectivity index (χ3v) is 6.52. The summed E-state index contributed by atoms with van der Waals surface area (Å²) < 4.78 is 28.7. The largest absolute Gasteiger partial charge is 0.479 e. The Hall–Kier alpha value is -2.29. The first-order valence-corrected chi connectivity index (χ1v) is 10.3. The molecule has 0 bridgehead atoms. The van der Waals surface area contributed by atoms with Crippen LogP contribution in [0, 0.1) is 0 Å². The average molecular weight is 381 g/mol. The maximum Gasteiger partial charge on any atom is 0.265 e. The van der Waals surface area contributed by atoms with Gasteiger partial charge >= 0.3 is 0 Å². The first-order valence-electron chi connectivity index (χ1n) is 8.51. The van der Waals surface area contributed by atoms with Crippen molar-refractivity contribution in [1.29, 1.82) is 0 Å². The highest BCUT2D eigenvalue weighted by atomic mass is 32.2. The number of likely N-dealkylation sites (N-methyl/N-ethyl adjacent to an activating group) is 1. The number of anilines is 2. The van der Waals surface area contributed by atoms with E-state index in [1.54, 1.807) is 39.1 Å². The molecule has 0 spiro atoms. The van der Waals surface area contributed by atoms with Crippen LogP contribution in [0.15, 0.2) is 18.2 Å². The Morgan fingerprint density at radius 3 is 2.81 bits per heavy atom. The van der Waals surface area contributed by atoms with Crippen molar-refractivity contribution in [1.82, 2.24) is 4.90 Å². The van der Waals surface area contributed by atoms with Gasteiger partial charge in [0.05, 0.1) is 17.2 Å². The van der Waals surface area contributed by atoms with E-state index in [0.717, 1.165) is 0 Å². The van der Waals surface area contributed by atoms with Crippen LogP contribution in [0.5, 0.6) is 5.75 Å². The lowest BCUT2D eigenvalue weighted by atomic mass is 10.1. The number of carbonyl (C=O) groups excluding carboxylic acids is 2. The minimum atomic E-state index is -3.05. The van der Waals surface area contributed by atoms with Crippen LogP contribution in [-0.4, -0.2) is 61.9 Å². The third-order valence-electron chi connectivity index (χ3n) is 4.77. The topological polar surface area (TPSA) is 105 Å². The smallest absolute Gasteiger partial charge is 0.265 e. The molecule has 3 atom stereocenters. The Balaban J connectivity index is 1.66. The van der Waals surface area contributed by atoms with Crippen LogP contribution in [0.2, 0.25) is 0 Å². The maximum atomic E-state index is 12.6. The lowest BCUT2D eigenvalue weighted by molar-refractivity contribution is -0.132. The first-order chi connectivity index (χ1) is 12.2. The first kappa shape index (κ1) is 18.5. The van der Waals surface area contributed by atoms with Crippen molar-refractivity contribution < 1.29 is 22.7 Å². The Morgan fingerprint density at radius 1 is 1.42 bits per heavy atom. The molecule has 1 saturated heterocycles. The number of ether oxygens (including phenoxy) is 1. The van der Waals surface area contributed by atoms with Crippen molar-refractivity contribution in [3.63, 3.8) is 0 Å². The Kier molecular flexibility index (Phi) is 4.83. The van der Waals surface area contributed by atoms with E-state index in [1.165, 1.54) is 4.90 Å². The van der Waals surface area contributed by atoms with Crippen molar-refractivity contribution in [2.45, 2.75) is 38.5 Å². The van der Waals surface area contributed by atoms with E-state index in [9.17, 15) is 18.0 Å². The molecule has 0 saturated carbocycles. The van der Waals surface area contributed by atoms with Crippen molar-refractivity contribution in [3.8, 4) is 5.75 Å². The number of hydrogen-bond donors (Lipinski definition) is 2. The summed E-state index contributed by atoms with van der Waals surface area (Å²) in [6.07, 6.45) is -0.0734. The number of fused-ring (bicyclic) bond motifs is 1. The van der Waals surface area contributed by atoms with E-state index in [4.69, 9.17) is 4.74 Å². The molecule has 0 radical (unpaired) electrons. The normalized spacial score (nSPS) is 24.8. The second kappa shape index (κ2) is 6.79. The van der Waals surface area contributed by atoms with E-state index < -0.39 is 22.0 Å². The molecular formula is C17H23N3O5S. The van der Waals surface area contributed by atoms with E-state index in [2.05, 4.69) is 10.6 Å². The number of carbonyl (C=O) groups is 2. The van der Waals surface area contributed by atoms with Gasteiger partial charge in [-0.15, -0.1) is 0 Å². The summed E-state index contributed by atoms with van der Waals surface area (Å²) in [7, 11) is -1.41. The molecule has 26 heavy (non-hydrogen) atoms. The number of benzene rings is 1. The highest BCUT2D eigenvalue weighted by Crippen LogP contribution is 2.32. The lowest BCUT2D eigenvalue weighted by Gasteiger charge is -2.28. The summed E-state index contributed by atoms with van der Waals surface area (Å²) in [5.41, 5.74) is 1.21. The highest BCUT2D eigenvalue weighted by Gasteiger charge is 2.34. The minimum Gasteiger partial charge on any atom is -0.479 e. The van der Waals surface area contributed by atoms with Gasteiger partial charge in [0, 0.05) is 18.8 Å². The predicted octanol–water partition coefficient (Wildman–Crippen LogP) is 0.852. The molecule has 2 aliphatic rings. The van der Waals surface area contributed by atoms with E-state index in [0.29, 0.717) is 23.5 Å². The average Bonchev–Trinajstić information content (AvgIpc) is 2.94. The quantitative estimate of drug-likeness (QED) is 0.801. The fourth-order valence-electron chi connectivity index (χ4n) is 3.18. The van der Waals surface area contributed by atoms with Gasteiger partial charge in [0.1, 0.15) is 11.8 Å². The molecule has 1 fully saturated rings. The summed E-state index contributed by atoms with van der Waals surface area (Å²) >= 11 is 0. The van der Waals surface area contributed by atoms with Gasteiger partial charge in [0.25, 0.3) is 5.91 Å². The number of nitrogens with one attached hydrogen (secondary N) is 2. The Morgan fingerprint density at radius 2 is 2.15 bits per heavy atom. The van der Waals surface area contributed by atoms with E-state index >= 15 is 0 Å². The van der Waals surface area contributed by atoms with Gasteiger partial charge in [0.15, 0.2) is 15.9 Å². The van der Waals surface area contributed by atoms with Gasteiger partial charge in [-0.1, -0.05) is 0 Å². The van der Waals surface area contributed by atoms with Crippen LogP contribution in [0.1, 0.15) is 20.3 Å². The fourth-order valence-corrected chi connectivity index (χ4v) is 4.95. The summed E-state index contributed by atoms with van der Waals surface area (Å²) in [5, 5.41) is 5.86. The van der Waals surface area contributed by atoms with E-state index in [-0.39, 0.29) is 29.4 Å². The van der Waals surface area contributed by atoms with Gasteiger partial charge < -0.3 is 20.3 Å². The van der Waals surface area contributed by atoms with Crippen molar-refractivity contribution >= 4 is 33.0 Å². The van der Waals surface area contributed by atoms with Gasteiger partial charge in [-0.3, -0.25) is 9.59 Å². The molecule has 1 aromatic carbocycles. The minimum absolute atomic E-state index is 0.0162. The van der Waals surface area contributed by atoms with Crippen LogP contribution in [0.4, 0.5) is 11.4 Å². The third kappa shape index (κ3) is 3.77. The fraction of sp³-hybridized carbons (Fsp3) is 0.529. The Bertz CT molecular complexity index is 839. The number of rotatable bonds is 4. The van der Waals surface area contributed by atoms with Crippen LogP contribution in [0.25, 0.3) is 0 Å². The number of nitrogens with zero attached hydrogens (tertiary/aromatic N) is 1. The Labute approximate surface area is 152 Å². The second-order valence-electron chi connectivity index (χ2n) is 6.83. The van der Waals surface area contributed by atoms with Crippen LogP contribution < -0.4 is 15.4 Å². The van der Waals surface area contributed by atoms with Gasteiger partial charge in [-0.05, 0) is 38.5 Å². The van der Waals surface area contributed by atoms with Crippen molar-refractivity contribution in [3.05, 3.63) is 18.2 Å². The molecule has 2 heterocycles. The molecule has 2 N–H and O–H groups in total. The van der Waals surface area contributed by atoms with Crippen LogP contribution in [-0.2, 0) is 19.4 Å². The van der Waals surface area contributed by atoms with Crippen molar-refractivity contribution in [2.75, 3.05) is 29.2 Å². The number of sulfone groups is 1. The lowest BCUT2D eigenvalue weighted by Crippen LogP contribution is -2.45. The summed E-state index contributed by atoms with van der Waals surface area (Å²) in [5.74, 6) is 0.317. The summed E-state index contributed by atoms with van der Waals surface area (Å²) in [6, 6.07) is 4.39. The van der Waals surface area contributed by atoms with E-state index in [1.807, 2.05) is 0 Å². The van der Waals surface area contributed by atoms with Crippen LogP contribution >= 0.6 is 0 Å². The SMILES string of the molecule is C[C@H](Nc1ccc2c(c1)NC(=O)[C@H](C)O2)C(=O)N(C)[C@@H]1CCS(=O)(=O)C1. The van der Waals surface area contributed by atoms with Gasteiger partial charge in [0.2, 0.25) is 5.91 Å². The molecule has 9 heteroatoms. The summed E-state index contributed by atoms with van der Waals surface area (Å²) in [4.78, 5) is 25.8. The monoisotopic (exact) mass is 381 g/mol. The zero-order valence-electron chi connectivity index (χ0n) is 15.0. The molecule has 0 unspecified atom stereocenters. The zero-order valence-corrected chi connectivity index (χ0v) is 15.8. The number of hydrogen-bond acceptors (Lipinski definition) is 6. The zero-order chi connectivity index (χ0) is 19.1. The van der Waals surface area contributed by atoms with Gasteiger partial charge in [-0.2, -0.15) is 0 Å². The number of amides is 2. The molecule has 0 aliphatic carbocycles. The molecular weight excluding hydrogens is 358 g/mol. The predicted molar refractivity (Wildman–Crippen MR) is 98.1 cm³/mol. The van der Waals surface area contributed by atoms with Gasteiger partial charge in [-0.25, -0.2) is 8.42 Å². The molecule has 3 rings (SSSR count).